The van der Waals surface area contributed by atoms with Gasteiger partial charge in [-0.3, -0.25) is 4.98 Å². The fraction of sp³-hybridized carbons (Fsp3) is 0.174. The summed E-state index contributed by atoms with van der Waals surface area (Å²) in [6, 6.07) is 16.2. The first kappa shape index (κ1) is 18.6. The van der Waals surface area contributed by atoms with Crippen molar-refractivity contribution in [3.8, 4) is 11.1 Å². The van der Waals surface area contributed by atoms with Gasteiger partial charge in [0, 0.05) is 42.0 Å². The molecule has 1 aliphatic rings. The third-order valence-corrected chi connectivity index (χ3v) is 5.09. The van der Waals surface area contributed by atoms with Crippen molar-refractivity contribution >= 4 is 22.5 Å². The number of aromatic nitrogens is 3. The Bertz CT molecular complexity index is 1190. The number of anilines is 2. The molecule has 7 heteroatoms. The van der Waals surface area contributed by atoms with Crippen LogP contribution in [-0.4, -0.2) is 34.6 Å². The Hall–Kier alpha value is -3.42. The van der Waals surface area contributed by atoms with Crippen LogP contribution in [0.4, 0.5) is 16.0 Å². The molecule has 0 aliphatic carbocycles. The topological polar surface area (TPSA) is 72.0 Å². The maximum absolute atomic E-state index is 14.4. The number of fused-ring (bicyclic) bond motifs is 1. The number of morpholine rings is 1. The first-order valence-electron chi connectivity index (χ1n) is 9.84. The molecule has 5 rings (SSSR count). The minimum Gasteiger partial charge on any atom is -0.369 e. The van der Waals surface area contributed by atoms with Gasteiger partial charge in [-0.2, -0.15) is 0 Å². The number of benzene rings is 2. The van der Waals surface area contributed by atoms with Crippen LogP contribution in [-0.2, 0) is 4.74 Å². The standard InChI is InChI=1S/C23H20FN5O/c24-18-8-2-1-6-16(18)17-7-3-5-15-13-27-23(29-21(15)17)28-19-9-4-10-26-22(19)20-14-25-11-12-30-20/h1-10,13,20,25H,11-12,14H2,(H,27,28,29). The Morgan fingerprint density at radius 2 is 1.90 bits per heavy atom. The van der Waals surface area contributed by atoms with Gasteiger partial charge < -0.3 is 15.4 Å². The van der Waals surface area contributed by atoms with E-state index < -0.39 is 0 Å². The summed E-state index contributed by atoms with van der Waals surface area (Å²) in [4.78, 5) is 13.7. The Balaban J connectivity index is 1.54. The lowest BCUT2D eigenvalue weighted by Crippen LogP contribution is -2.34. The molecule has 30 heavy (non-hydrogen) atoms. The average molecular weight is 401 g/mol. The molecule has 2 aromatic heterocycles. The lowest BCUT2D eigenvalue weighted by Gasteiger charge is -2.24. The van der Waals surface area contributed by atoms with Crippen molar-refractivity contribution < 1.29 is 9.13 Å². The number of para-hydroxylation sites is 1. The van der Waals surface area contributed by atoms with Gasteiger partial charge in [-0.1, -0.05) is 36.4 Å². The Morgan fingerprint density at radius 1 is 1.00 bits per heavy atom. The van der Waals surface area contributed by atoms with Crippen molar-refractivity contribution in [1.29, 1.82) is 0 Å². The van der Waals surface area contributed by atoms with Crippen molar-refractivity contribution in [3.63, 3.8) is 0 Å². The molecule has 0 amide bonds. The monoisotopic (exact) mass is 401 g/mol. The van der Waals surface area contributed by atoms with Crippen molar-refractivity contribution in [3.05, 3.63) is 78.5 Å². The summed E-state index contributed by atoms with van der Waals surface area (Å²) in [6.45, 7) is 2.17. The van der Waals surface area contributed by atoms with Gasteiger partial charge in [0.25, 0.3) is 0 Å². The molecule has 0 spiro atoms. The molecule has 1 atom stereocenters. The van der Waals surface area contributed by atoms with E-state index in [1.165, 1.54) is 6.07 Å². The molecular weight excluding hydrogens is 381 g/mol. The van der Waals surface area contributed by atoms with Crippen LogP contribution in [0, 0.1) is 5.82 Å². The molecule has 2 N–H and O–H groups in total. The largest absolute Gasteiger partial charge is 0.369 e. The molecule has 1 unspecified atom stereocenters. The Labute approximate surface area is 173 Å². The zero-order valence-electron chi connectivity index (χ0n) is 16.2. The first-order valence-corrected chi connectivity index (χ1v) is 9.84. The molecule has 3 heterocycles. The molecule has 0 bridgehead atoms. The highest BCUT2D eigenvalue weighted by Crippen LogP contribution is 2.31. The summed E-state index contributed by atoms with van der Waals surface area (Å²) in [5, 5.41) is 7.43. The van der Waals surface area contributed by atoms with Crippen LogP contribution in [0.2, 0.25) is 0 Å². The quantitative estimate of drug-likeness (QED) is 0.533. The number of ether oxygens (including phenoxy) is 1. The van der Waals surface area contributed by atoms with E-state index >= 15 is 0 Å². The third kappa shape index (κ3) is 3.60. The zero-order valence-corrected chi connectivity index (χ0v) is 16.2. The lowest BCUT2D eigenvalue weighted by atomic mass is 10.0. The van der Waals surface area contributed by atoms with E-state index in [2.05, 4.69) is 20.6 Å². The van der Waals surface area contributed by atoms with E-state index in [-0.39, 0.29) is 11.9 Å². The molecular formula is C23H20FN5O. The number of pyridine rings is 1. The summed E-state index contributed by atoms with van der Waals surface area (Å²) in [7, 11) is 0. The number of hydrogen-bond acceptors (Lipinski definition) is 6. The summed E-state index contributed by atoms with van der Waals surface area (Å²) in [6.07, 6.45) is 3.34. The Kier molecular flexibility index (Phi) is 5.04. The molecule has 0 radical (unpaired) electrons. The van der Waals surface area contributed by atoms with E-state index in [0.29, 0.717) is 30.2 Å². The SMILES string of the molecule is Fc1ccccc1-c1cccc2cnc(Nc3cccnc3C3CNCCO3)nc12. The van der Waals surface area contributed by atoms with Gasteiger partial charge in [0.2, 0.25) is 5.95 Å². The maximum atomic E-state index is 14.4. The van der Waals surface area contributed by atoms with E-state index in [1.807, 2.05) is 36.4 Å². The zero-order chi connectivity index (χ0) is 20.3. The summed E-state index contributed by atoms with van der Waals surface area (Å²) in [5.41, 5.74) is 3.50. The van der Waals surface area contributed by atoms with Gasteiger partial charge >= 0.3 is 0 Å². The van der Waals surface area contributed by atoms with Gasteiger partial charge in [0.15, 0.2) is 0 Å². The van der Waals surface area contributed by atoms with Crippen LogP contribution < -0.4 is 10.6 Å². The second-order valence-corrected chi connectivity index (χ2v) is 7.04. The number of nitrogens with one attached hydrogen (secondary N) is 2. The first-order chi connectivity index (χ1) is 14.8. The van der Waals surface area contributed by atoms with Crippen LogP contribution in [0.15, 0.2) is 67.0 Å². The third-order valence-electron chi connectivity index (χ3n) is 5.09. The van der Waals surface area contributed by atoms with Gasteiger partial charge in [0.1, 0.15) is 11.9 Å². The number of rotatable bonds is 4. The van der Waals surface area contributed by atoms with Crippen LogP contribution >= 0.6 is 0 Å². The van der Waals surface area contributed by atoms with Gasteiger partial charge in [-0.05, 0) is 18.2 Å². The normalized spacial score (nSPS) is 16.5. The molecule has 6 nitrogen and oxygen atoms in total. The van der Waals surface area contributed by atoms with E-state index in [0.717, 1.165) is 28.9 Å². The predicted molar refractivity (Wildman–Crippen MR) is 114 cm³/mol. The molecule has 150 valence electrons. The lowest BCUT2D eigenvalue weighted by molar-refractivity contribution is 0.0255. The predicted octanol–water partition coefficient (Wildman–Crippen LogP) is 4.24. The average Bonchev–Trinajstić information content (AvgIpc) is 2.80. The van der Waals surface area contributed by atoms with E-state index in [4.69, 9.17) is 9.72 Å². The second kappa shape index (κ2) is 8.14. The van der Waals surface area contributed by atoms with E-state index in [9.17, 15) is 4.39 Å². The molecule has 1 saturated heterocycles. The van der Waals surface area contributed by atoms with Gasteiger partial charge in [-0.15, -0.1) is 0 Å². The van der Waals surface area contributed by atoms with Crippen molar-refractivity contribution in [2.24, 2.45) is 0 Å². The smallest absolute Gasteiger partial charge is 0.227 e. The van der Waals surface area contributed by atoms with Crippen LogP contribution in [0.5, 0.6) is 0 Å². The molecule has 1 aliphatic heterocycles. The highest BCUT2D eigenvalue weighted by Gasteiger charge is 2.21. The van der Waals surface area contributed by atoms with Crippen LogP contribution in [0.1, 0.15) is 11.8 Å². The van der Waals surface area contributed by atoms with Gasteiger partial charge in [0.05, 0.1) is 23.5 Å². The number of nitrogens with zero attached hydrogens (tertiary/aromatic N) is 3. The maximum Gasteiger partial charge on any atom is 0.227 e. The molecule has 0 saturated carbocycles. The highest BCUT2D eigenvalue weighted by molar-refractivity contribution is 5.94. The molecule has 2 aromatic carbocycles. The highest BCUT2D eigenvalue weighted by atomic mass is 19.1. The van der Waals surface area contributed by atoms with Crippen molar-refractivity contribution in [2.75, 3.05) is 25.0 Å². The fourth-order valence-corrected chi connectivity index (χ4v) is 3.65. The number of hydrogen-bond donors (Lipinski definition) is 2. The molecule has 1 fully saturated rings. The van der Waals surface area contributed by atoms with E-state index in [1.54, 1.807) is 24.5 Å². The summed E-state index contributed by atoms with van der Waals surface area (Å²) < 4.78 is 20.3. The van der Waals surface area contributed by atoms with Crippen molar-refractivity contribution in [2.45, 2.75) is 6.10 Å². The minimum atomic E-state index is -0.283. The van der Waals surface area contributed by atoms with Crippen LogP contribution in [0.3, 0.4) is 0 Å². The van der Waals surface area contributed by atoms with Crippen LogP contribution in [0.25, 0.3) is 22.0 Å². The minimum absolute atomic E-state index is 0.142. The molecule has 4 aromatic rings. The fourth-order valence-electron chi connectivity index (χ4n) is 3.65. The Morgan fingerprint density at radius 3 is 2.77 bits per heavy atom. The second-order valence-electron chi connectivity index (χ2n) is 7.04. The summed E-state index contributed by atoms with van der Waals surface area (Å²) >= 11 is 0. The van der Waals surface area contributed by atoms with Gasteiger partial charge in [-0.25, -0.2) is 14.4 Å². The van der Waals surface area contributed by atoms with Crippen molar-refractivity contribution in [1.82, 2.24) is 20.3 Å². The number of halogens is 1. The summed E-state index contributed by atoms with van der Waals surface area (Å²) in [5.74, 6) is 0.138.